The molecule has 0 fully saturated rings. The van der Waals surface area contributed by atoms with Gasteiger partial charge in [0.1, 0.15) is 0 Å². The van der Waals surface area contributed by atoms with Crippen LogP contribution in [0.25, 0.3) is 6.08 Å². The number of unbranched alkanes of at least 4 members (excludes halogenated alkanes) is 9. The van der Waals surface area contributed by atoms with Gasteiger partial charge in [-0.05, 0) is 12.0 Å². The van der Waals surface area contributed by atoms with Crippen LogP contribution < -0.4 is 0 Å². The fourth-order valence-corrected chi connectivity index (χ4v) is 3.24. The molecule has 0 bridgehead atoms. The molecule has 1 rings (SSSR count). The zero-order valence-electron chi connectivity index (χ0n) is 18.9. The van der Waals surface area contributed by atoms with Crippen molar-refractivity contribution in [3.63, 3.8) is 0 Å². The fourth-order valence-electron chi connectivity index (χ4n) is 3.24. The van der Waals surface area contributed by atoms with Crippen molar-refractivity contribution in [2.75, 3.05) is 6.61 Å². The number of ether oxygens (including phenoxy) is 1. The lowest BCUT2D eigenvalue weighted by molar-refractivity contribution is -0.139. The van der Waals surface area contributed by atoms with E-state index in [2.05, 4.69) is 13.5 Å². The highest BCUT2D eigenvalue weighted by Gasteiger charge is 2.16. The number of allylic oxidation sites excluding steroid dienone is 2. The topological polar surface area (TPSA) is 63.6 Å². The molecule has 4 nitrogen and oxygen atoms in total. The molecule has 170 valence electrons. The lowest BCUT2D eigenvalue weighted by atomic mass is 9.98. The Balaban J connectivity index is 2.35. The van der Waals surface area contributed by atoms with Gasteiger partial charge in [0.05, 0.1) is 6.61 Å². The van der Waals surface area contributed by atoms with Crippen LogP contribution >= 0.6 is 0 Å². The quantitative estimate of drug-likeness (QED) is 0.166. The Bertz CT molecular complexity index is 703. The molecule has 0 aliphatic heterocycles. The molecule has 0 saturated carbocycles. The number of hydrogen-bond acceptors (Lipinski definition) is 3. The van der Waals surface area contributed by atoms with Crippen LogP contribution in [0.15, 0.2) is 60.7 Å². The molecule has 0 radical (unpaired) electrons. The number of hydrogen-bond donors (Lipinski definition) is 1. The standard InChI is InChI=1S/C27H38O4/c1-3-4-5-6-7-8-9-10-11-15-22-31-27(30)23(2)25(20-21-26(28)29)19-18-24-16-13-12-14-17-24/h12-14,16-21,25H,2-11,15,22H2,1H3,(H,28,29). The third-order valence-corrected chi connectivity index (χ3v) is 5.14. The van der Waals surface area contributed by atoms with Crippen LogP contribution in [0.1, 0.15) is 76.7 Å². The molecular formula is C27H38O4. The molecule has 0 aliphatic carbocycles. The Hall–Kier alpha value is -2.62. The van der Waals surface area contributed by atoms with Crippen LogP contribution in [0.4, 0.5) is 0 Å². The molecule has 1 unspecified atom stereocenters. The Morgan fingerprint density at radius 1 is 0.935 bits per heavy atom. The predicted octanol–water partition coefficient (Wildman–Crippen LogP) is 6.98. The smallest absolute Gasteiger partial charge is 0.334 e. The van der Waals surface area contributed by atoms with Gasteiger partial charge < -0.3 is 9.84 Å². The van der Waals surface area contributed by atoms with E-state index in [-0.39, 0.29) is 5.57 Å². The molecule has 1 atom stereocenters. The third kappa shape index (κ3) is 13.3. The average molecular weight is 427 g/mol. The molecule has 0 spiro atoms. The van der Waals surface area contributed by atoms with E-state index in [1.807, 2.05) is 36.4 Å². The number of esters is 1. The first kappa shape index (κ1) is 26.4. The van der Waals surface area contributed by atoms with Gasteiger partial charge in [0.2, 0.25) is 0 Å². The van der Waals surface area contributed by atoms with Crippen LogP contribution in [0.3, 0.4) is 0 Å². The number of aliphatic carboxylic acids is 1. The van der Waals surface area contributed by atoms with Gasteiger partial charge in [0.25, 0.3) is 0 Å². The zero-order chi connectivity index (χ0) is 22.7. The molecule has 0 heterocycles. The first-order chi connectivity index (χ1) is 15.0. The van der Waals surface area contributed by atoms with Crippen molar-refractivity contribution in [1.29, 1.82) is 0 Å². The molecule has 0 aromatic heterocycles. The molecule has 1 aromatic rings. The maximum Gasteiger partial charge on any atom is 0.334 e. The molecule has 4 heteroatoms. The minimum absolute atomic E-state index is 0.233. The molecule has 1 aromatic carbocycles. The summed E-state index contributed by atoms with van der Waals surface area (Å²) in [6.45, 7) is 6.44. The second-order valence-corrected chi connectivity index (χ2v) is 7.84. The van der Waals surface area contributed by atoms with Crippen molar-refractivity contribution in [2.24, 2.45) is 5.92 Å². The first-order valence-electron chi connectivity index (χ1n) is 11.5. The Labute approximate surface area is 187 Å². The van der Waals surface area contributed by atoms with E-state index in [0.29, 0.717) is 6.61 Å². The van der Waals surface area contributed by atoms with Gasteiger partial charge in [0.15, 0.2) is 0 Å². The number of carboxylic acids is 1. The van der Waals surface area contributed by atoms with Gasteiger partial charge in [-0.25, -0.2) is 9.59 Å². The average Bonchev–Trinajstić information content (AvgIpc) is 2.77. The van der Waals surface area contributed by atoms with Crippen LogP contribution in [0.2, 0.25) is 0 Å². The highest BCUT2D eigenvalue weighted by Crippen LogP contribution is 2.17. The van der Waals surface area contributed by atoms with Crippen LogP contribution in [-0.2, 0) is 14.3 Å². The van der Waals surface area contributed by atoms with Crippen molar-refractivity contribution in [2.45, 2.75) is 71.1 Å². The van der Waals surface area contributed by atoms with Crippen LogP contribution in [-0.4, -0.2) is 23.7 Å². The number of rotatable bonds is 17. The summed E-state index contributed by atoms with van der Waals surface area (Å²) in [5.74, 6) is -2.07. The minimum Gasteiger partial charge on any atom is -0.478 e. The van der Waals surface area contributed by atoms with Crippen molar-refractivity contribution in [1.82, 2.24) is 0 Å². The van der Waals surface area contributed by atoms with Gasteiger partial charge in [0, 0.05) is 17.6 Å². The summed E-state index contributed by atoms with van der Waals surface area (Å²) in [6, 6.07) is 9.61. The predicted molar refractivity (Wildman–Crippen MR) is 128 cm³/mol. The van der Waals surface area contributed by atoms with E-state index in [1.165, 1.54) is 51.0 Å². The highest BCUT2D eigenvalue weighted by molar-refractivity contribution is 5.90. The summed E-state index contributed by atoms with van der Waals surface area (Å²) in [7, 11) is 0. The van der Waals surface area contributed by atoms with Crippen LogP contribution in [0, 0.1) is 5.92 Å². The SMILES string of the molecule is C=C(C(=O)OCCCCCCCCCCCC)C(C=CC(=O)O)C=Cc1ccccc1. The van der Waals surface area contributed by atoms with Gasteiger partial charge >= 0.3 is 11.9 Å². The molecular weight excluding hydrogens is 388 g/mol. The molecule has 0 amide bonds. The first-order valence-corrected chi connectivity index (χ1v) is 11.5. The maximum absolute atomic E-state index is 12.4. The normalized spacial score (nSPS) is 12.3. The molecule has 0 aliphatic rings. The highest BCUT2D eigenvalue weighted by atomic mass is 16.5. The minimum atomic E-state index is -1.07. The summed E-state index contributed by atoms with van der Waals surface area (Å²) in [5, 5.41) is 8.93. The Morgan fingerprint density at radius 2 is 1.52 bits per heavy atom. The van der Waals surface area contributed by atoms with Crippen molar-refractivity contribution < 1.29 is 19.4 Å². The summed E-state index contributed by atoms with van der Waals surface area (Å²) >= 11 is 0. The number of carbonyl (C=O) groups excluding carboxylic acids is 1. The van der Waals surface area contributed by atoms with E-state index < -0.39 is 17.9 Å². The second-order valence-electron chi connectivity index (χ2n) is 7.84. The second kappa shape index (κ2) is 17.1. The molecule has 1 N–H and O–H groups in total. The van der Waals surface area contributed by atoms with Crippen molar-refractivity contribution >= 4 is 18.0 Å². The maximum atomic E-state index is 12.4. The molecule has 0 saturated heterocycles. The van der Waals surface area contributed by atoms with E-state index >= 15 is 0 Å². The van der Waals surface area contributed by atoms with E-state index in [0.717, 1.165) is 30.9 Å². The third-order valence-electron chi connectivity index (χ3n) is 5.14. The monoisotopic (exact) mass is 426 g/mol. The van der Waals surface area contributed by atoms with Gasteiger partial charge in [-0.2, -0.15) is 0 Å². The summed E-state index contributed by atoms with van der Waals surface area (Å²) in [4.78, 5) is 23.3. The van der Waals surface area contributed by atoms with Crippen molar-refractivity contribution in [3.05, 3.63) is 66.3 Å². The largest absolute Gasteiger partial charge is 0.478 e. The zero-order valence-corrected chi connectivity index (χ0v) is 18.9. The number of benzene rings is 1. The lowest BCUT2D eigenvalue weighted by Crippen LogP contribution is -2.13. The van der Waals surface area contributed by atoms with E-state index in [1.54, 1.807) is 6.08 Å². The van der Waals surface area contributed by atoms with Crippen molar-refractivity contribution in [3.8, 4) is 0 Å². The molecule has 31 heavy (non-hydrogen) atoms. The summed E-state index contributed by atoms with van der Waals surface area (Å²) in [6.07, 6.45) is 18.3. The fraction of sp³-hybridized carbons (Fsp3) is 0.481. The number of carbonyl (C=O) groups is 2. The Kier molecular flexibility index (Phi) is 14.6. The van der Waals surface area contributed by atoms with E-state index in [9.17, 15) is 9.59 Å². The summed E-state index contributed by atoms with van der Waals surface area (Å²) in [5.41, 5.74) is 1.19. The van der Waals surface area contributed by atoms with Crippen LogP contribution in [0.5, 0.6) is 0 Å². The van der Waals surface area contributed by atoms with Gasteiger partial charge in [-0.1, -0.05) is 120 Å². The number of carboxylic acid groups (broad SMARTS) is 1. The summed E-state index contributed by atoms with van der Waals surface area (Å²) < 4.78 is 5.36. The van der Waals surface area contributed by atoms with Gasteiger partial charge in [-0.15, -0.1) is 0 Å². The van der Waals surface area contributed by atoms with E-state index in [4.69, 9.17) is 9.84 Å². The Morgan fingerprint density at radius 3 is 2.10 bits per heavy atom. The lowest BCUT2D eigenvalue weighted by Gasteiger charge is -2.12. The van der Waals surface area contributed by atoms with Gasteiger partial charge in [-0.3, -0.25) is 0 Å².